The molecule has 0 aliphatic heterocycles. The number of carbonyl (C=O) groups is 4. The molecule has 0 amide bonds. The summed E-state index contributed by atoms with van der Waals surface area (Å²) < 4.78 is 19.3. The van der Waals surface area contributed by atoms with Crippen LogP contribution < -0.4 is 9.47 Å². The molecule has 0 atom stereocenters. The summed E-state index contributed by atoms with van der Waals surface area (Å²) >= 11 is 0. The average Bonchev–Trinajstić information content (AvgIpc) is 2.63. The fourth-order valence-corrected chi connectivity index (χ4v) is 1.66. The number of rotatable bonds is 9. The minimum absolute atomic E-state index is 0.00653. The van der Waals surface area contributed by atoms with E-state index in [0.717, 1.165) is 12.2 Å². The van der Waals surface area contributed by atoms with Crippen LogP contribution in [0.5, 0.6) is 11.5 Å². The number of ether oxygens (including phenoxy) is 4. The molecule has 0 bridgehead atoms. The maximum Gasteiger partial charge on any atom is 0.331 e. The number of hydrogen-bond acceptors (Lipinski definition) is 8. The van der Waals surface area contributed by atoms with E-state index in [1.807, 2.05) is 0 Å². The van der Waals surface area contributed by atoms with Gasteiger partial charge in [0.2, 0.25) is 0 Å². The van der Waals surface area contributed by atoms with Crippen molar-refractivity contribution in [1.29, 1.82) is 0 Å². The Hall–Kier alpha value is -3.16. The van der Waals surface area contributed by atoms with Gasteiger partial charge in [0, 0.05) is 24.1 Å². The summed E-state index contributed by atoms with van der Waals surface area (Å²) in [5.41, 5.74) is 0.392. The SMILES string of the molecule is COC(=O)/C=C\C(=O)OCCCC(=O)Oc1ccc(C=O)cc1OC. The highest BCUT2D eigenvalue weighted by molar-refractivity contribution is 5.91. The van der Waals surface area contributed by atoms with Crippen molar-refractivity contribution in [2.45, 2.75) is 12.8 Å². The van der Waals surface area contributed by atoms with Crippen LogP contribution in [0.1, 0.15) is 23.2 Å². The molecule has 0 aliphatic carbocycles. The molecule has 0 aliphatic rings. The third-order valence-corrected chi connectivity index (χ3v) is 2.87. The molecule has 8 heteroatoms. The predicted molar refractivity (Wildman–Crippen MR) is 85.4 cm³/mol. The Balaban J connectivity index is 2.38. The smallest absolute Gasteiger partial charge is 0.331 e. The van der Waals surface area contributed by atoms with Gasteiger partial charge in [-0.3, -0.25) is 9.59 Å². The van der Waals surface area contributed by atoms with E-state index in [-0.39, 0.29) is 30.9 Å². The van der Waals surface area contributed by atoms with Gasteiger partial charge >= 0.3 is 17.9 Å². The van der Waals surface area contributed by atoms with Crippen LogP contribution in [0, 0.1) is 0 Å². The van der Waals surface area contributed by atoms with Crippen LogP contribution in [-0.2, 0) is 23.9 Å². The molecule has 0 spiro atoms. The Kier molecular flexibility index (Phi) is 8.42. The fraction of sp³-hybridized carbons (Fsp3) is 0.294. The van der Waals surface area contributed by atoms with E-state index < -0.39 is 17.9 Å². The minimum atomic E-state index is -0.718. The van der Waals surface area contributed by atoms with Gasteiger partial charge in [-0.15, -0.1) is 0 Å². The van der Waals surface area contributed by atoms with Crippen molar-refractivity contribution in [1.82, 2.24) is 0 Å². The second-order valence-corrected chi connectivity index (χ2v) is 4.63. The first-order valence-electron chi connectivity index (χ1n) is 7.26. The number of aldehydes is 1. The van der Waals surface area contributed by atoms with Crippen molar-refractivity contribution < 1.29 is 38.1 Å². The van der Waals surface area contributed by atoms with Gasteiger partial charge in [-0.1, -0.05) is 0 Å². The molecule has 0 aromatic heterocycles. The summed E-state index contributed by atoms with van der Waals surface area (Å²) in [5, 5.41) is 0. The maximum absolute atomic E-state index is 11.8. The molecule has 1 aromatic rings. The molecule has 1 rings (SSSR count). The first kappa shape index (κ1) is 19.9. The van der Waals surface area contributed by atoms with Crippen LogP contribution in [0.25, 0.3) is 0 Å². The monoisotopic (exact) mass is 350 g/mol. The van der Waals surface area contributed by atoms with E-state index in [1.165, 1.54) is 32.4 Å². The van der Waals surface area contributed by atoms with Crippen molar-refractivity contribution in [3.05, 3.63) is 35.9 Å². The van der Waals surface area contributed by atoms with Gasteiger partial charge in [-0.25, -0.2) is 9.59 Å². The predicted octanol–water partition coefficient (Wildman–Crippen LogP) is 1.47. The molecule has 1 aromatic carbocycles. The summed E-state index contributed by atoms with van der Waals surface area (Å²) in [7, 11) is 2.58. The molecule has 25 heavy (non-hydrogen) atoms. The van der Waals surface area contributed by atoms with Crippen molar-refractivity contribution in [3.8, 4) is 11.5 Å². The molecule has 0 fully saturated rings. The quantitative estimate of drug-likeness (QED) is 0.217. The number of benzene rings is 1. The van der Waals surface area contributed by atoms with Crippen molar-refractivity contribution in [2.75, 3.05) is 20.8 Å². The second kappa shape index (κ2) is 10.6. The van der Waals surface area contributed by atoms with Gasteiger partial charge < -0.3 is 18.9 Å². The van der Waals surface area contributed by atoms with E-state index in [1.54, 1.807) is 0 Å². The Morgan fingerprint density at radius 3 is 2.40 bits per heavy atom. The minimum Gasteiger partial charge on any atom is -0.493 e. The summed E-state index contributed by atoms with van der Waals surface area (Å²) in [5.74, 6) is -1.48. The maximum atomic E-state index is 11.8. The highest BCUT2D eigenvalue weighted by Crippen LogP contribution is 2.27. The topological polar surface area (TPSA) is 105 Å². The molecule has 0 saturated carbocycles. The lowest BCUT2D eigenvalue weighted by molar-refractivity contribution is -0.140. The van der Waals surface area contributed by atoms with Gasteiger partial charge in [0.15, 0.2) is 11.5 Å². The molecular formula is C17H18O8. The van der Waals surface area contributed by atoms with Crippen molar-refractivity contribution in [3.63, 3.8) is 0 Å². The fourth-order valence-electron chi connectivity index (χ4n) is 1.66. The molecule has 8 nitrogen and oxygen atoms in total. The van der Waals surface area contributed by atoms with Crippen LogP contribution in [0.4, 0.5) is 0 Å². The van der Waals surface area contributed by atoms with Gasteiger partial charge in [-0.2, -0.15) is 0 Å². The van der Waals surface area contributed by atoms with E-state index in [0.29, 0.717) is 11.8 Å². The average molecular weight is 350 g/mol. The lowest BCUT2D eigenvalue weighted by Gasteiger charge is -2.09. The first-order chi connectivity index (χ1) is 12.0. The Morgan fingerprint density at radius 1 is 1.04 bits per heavy atom. The van der Waals surface area contributed by atoms with Gasteiger partial charge in [0.05, 0.1) is 20.8 Å². The van der Waals surface area contributed by atoms with Crippen molar-refractivity contribution in [2.24, 2.45) is 0 Å². The Morgan fingerprint density at radius 2 is 1.76 bits per heavy atom. The summed E-state index contributed by atoms with van der Waals surface area (Å²) in [6, 6.07) is 4.40. The number of esters is 3. The number of hydrogen-bond donors (Lipinski definition) is 0. The highest BCUT2D eigenvalue weighted by atomic mass is 16.6. The zero-order valence-corrected chi connectivity index (χ0v) is 13.9. The second-order valence-electron chi connectivity index (χ2n) is 4.63. The van der Waals surface area contributed by atoms with E-state index in [2.05, 4.69) is 4.74 Å². The first-order valence-corrected chi connectivity index (χ1v) is 7.26. The molecular weight excluding hydrogens is 332 g/mol. The van der Waals surface area contributed by atoms with Crippen LogP contribution >= 0.6 is 0 Å². The van der Waals surface area contributed by atoms with E-state index in [4.69, 9.17) is 14.2 Å². The third-order valence-electron chi connectivity index (χ3n) is 2.87. The Bertz CT molecular complexity index is 663. The summed E-state index contributed by atoms with van der Waals surface area (Å²) in [4.78, 5) is 44.5. The standard InChI is InChI=1S/C17H18O8/c1-22-14-10-12(11-18)5-6-13(14)25-17(21)4-3-9-24-16(20)8-7-15(19)23-2/h5-8,10-11H,3-4,9H2,1-2H3/b8-7-. The molecule has 134 valence electrons. The molecule has 0 radical (unpaired) electrons. The molecule has 0 saturated heterocycles. The number of methoxy groups -OCH3 is 2. The largest absolute Gasteiger partial charge is 0.493 e. The summed E-state index contributed by atoms with van der Waals surface area (Å²) in [6.45, 7) is -0.0132. The van der Waals surface area contributed by atoms with E-state index >= 15 is 0 Å². The molecule has 0 N–H and O–H groups in total. The summed E-state index contributed by atoms with van der Waals surface area (Å²) in [6.07, 6.45) is 2.77. The zero-order valence-electron chi connectivity index (χ0n) is 13.9. The molecule has 0 unspecified atom stereocenters. The van der Waals surface area contributed by atoms with Gasteiger partial charge in [0.1, 0.15) is 6.29 Å². The van der Waals surface area contributed by atoms with Crippen LogP contribution in [0.15, 0.2) is 30.4 Å². The van der Waals surface area contributed by atoms with Gasteiger partial charge in [0.25, 0.3) is 0 Å². The third kappa shape index (κ3) is 7.30. The highest BCUT2D eigenvalue weighted by Gasteiger charge is 2.11. The van der Waals surface area contributed by atoms with Crippen LogP contribution in [-0.4, -0.2) is 45.0 Å². The van der Waals surface area contributed by atoms with Crippen LogP contribution in [0.2, 0.25) is 0 Å². The van der Waals surface area contributed by atoms with Crippen molar-refractivity contribution >= 4 is 24.2 Å². The number of carbonyl (C=O) groups excluding carboxylic acids is 4. The Labute approximate surface area is 144 Å². The van der Waals surface area contributed by atoms with Crippen LogP contribution in [0.3, 0.4) is 0 Å². The lowest BCUT2D eigenvalue weighted by atomic mass is 10.2. The zero-order chi connectivity index (χ0) is 18.7. The van der Waals surface area contributed by atoms with E-state index in [9.17, 15) is 19.2 Å². The normalized spacial score (nSPS) is 10.2. The van der Waals surface area contributed by atoms with Gasteiger partial charge in [-0.05, 0) is 24.6 Å². The molecule has 0 heterocycles. The lowest BCUT2D eigenvalue weighted by Crippen LogP contribution is -2.11.